The van der Waals surface area contributed by atoms with Gasteiger partial charge in [0.1, 0.15) is 6.04 Å². The average Bonchev–Trinajstić information content (AvgIpc) is 2.63. The highest BCUT2D eigenvalue weighted by Gasteiger charge is 2.31. The first-order valence-corrected chi connectivity index (χ1v) is 5.88. The van der Waals surface area contributed by atoms with Crippen molar-refractivity contribution >= 4 is 11.8 Å². The second-order valence-corrected chi connectivity index (χ2v) is 4.18. The second-order valence-electron chi connectivity index (χ2n) is 4.18. The molecule has 104 valence electrons. The maximum Gasteiger partial charge on any atom is 0.282 e. The fraction of sp³-hybridized carbons (Fsp3) is 0.333. The summed E-state index contributed by atoms with van der Waals surface area (Å²) in [5.41, 5.74) is -1.39. The van der Waals surface area contributed by atoms with Crippen LogP contribution in [0.2, 0.25) is 0 Å². The first-order chi connectivity index (χ1) is 9.51. The van der Waals surface area contributed by atoms with E-state index in [1.54, 1.807) is 0 Å². The summed E-state index contributed by atoms with van der Waals surface area (Å²) >= 11 is 0. The van der Waals surface area contributed by atoms with Crippen LogP contribution in [0, 0.1) is 0 Å². The van der Waals surface area contributed by atoms with Crippen molar-refractivity contribution in [2.75, 3.05) is 7.05 Å². The van der Waals surface area contributed by atoms with E-state index >= 15 is 0 Å². The monoisotopic (exact) mass is 276 g/mol. The normalized spacial score (nSPS) is 21.1. The molecule has 2 heterocycles. The van der Waals surface area contributed by atoms with Crippen molar-refractivity contribution in [3.05, 3.63) is 44.2 Å². The maximum atomic E-state index is 12.2. The number of hydrogen-bond acceptors (Lipinski definition) is 6. The smallest absolute Gasteiger partial charge is 0.282 e. The molecular formula is C12H12N4O4. The third-order valence-corrected chi connectivity index (χ3v) is 3.03. The van der Waals surface area contributed by atoms with Gasteiger partial charge in [-0.05, 0) is 6.42 Å². The largest absolute Gasteiger partial charge is 0.295 e. The van der Waals surface area contributed by atoms with Gasteiger partial charge in [-0.3, -0.25) is 34.1 Å². The average molecular weight is 276 g/mol. The van der Waals surface area contributed by atoms with Crippen LogP contribution >= 0.6 is 0 Å². The predicted octanol–water partition coefficient (Wildman–Crippen LogP) is -2.36. The number of rotatable bonds is 2. The summed E-state index contributed by atoms with van der Waals surface area (Å²) in [5, 5.41) is 1.85. The van der Waals surface area contributed by atoms with Crippen LogP contribution in [0.15, 0.2) is 32.4 Å². The fourth-order valence-corrected chi connectivity index (χ4v) is 2.14. The van der Waals surface area contributed by atoms with Crippen LogP contribution in [-0.2, 0) is 9.59 Å². The Kier molecular flexibility index (Phi) is 3.55. The number of piperidine rings is 1. The highest BCUT2D eigenvalue weighted by molar-refractivity contribution is 5.99. The lowest BCUT2D eigenvalue weighted by molar-refractivity contribution is -0.135. The summed E-state index contributed by atoms with van der Waals surface area (Å²) in [6.07, 6.45) is 1.29. The van der Waals surface area contributed by atoms with E-state index in [0.717, 1.165) is 10.8 Å². The molecule has 0 aromatic carbocycles. The van der Waals surface area contributed by atoms with Crippen LogP contribution in [0.3, 0.4) is 0 Å². The molecule has 1 aromatic heterocycles. The van der Waals surface area contributed by atoms with Gasteiger partial charge in [-0.15, -0.1) is 0 Å². The Labute approximate surface area is 112 Å². The van der Waals surface area contributed by atoms with Crippen molar-refractivity contribution in [1.29, 1.82) is 0 Å². The minimum Gasteiger partial charge on any atom is -0.295 e. The number of nitrogens with zero attached hydrogens (tertiary/aromatic N) is 3. The lowest BCUT2D eigenvalue weighted by Crippen LogP contribution is -2.47. The molecule has 0 aliphatic carbocycles. The summed E-state index contributed by atoms with van der Waals surface area (Å²) < 4.78 is 0.798. The minimum atomic E-state index is -1.01. The van der Waals surface area contributed by atoms with Crippen molar-refractivity contribution in [3.8, 4) is 0 Å². The number of nitrogens with one attached hydrogen (secondary N) is 1. The van der Waals surface area contributed by atoms with Gasteiger partial charge in [0.2, 0.25) is 11.8 Å². The lowest BCUT2D eigenvalue weighted by atomic mass is 10.1. The van der Waals surface area contributed by atoms with Crippen molar-refractivity contribution in [2.45, 2.75) is 18.9 Å². The lowest BCUT2D eigenvalue weighted by Gasteiger charge is -2.20. The third kappa shape index (κ3) is 2.04. The molecule has 2 rings (SSSR count). The third-order valence-electron chi connectivity index (χ3n) is 3.03. The van der Waals surface area contributed by atoms with Gasteiger partial charge in [0.25, 0.3) is 11.1 Å². The van der Waals surface area contributed by atoms with Crippen LogP contribution in [0.4, 0.5) is 0 Å². The van der Waals surface area contributed by atoms with Gasteiger partial charge in [-0.2, -0.15) is 0 Å². The van der Waals surface area contributed by atoms with Crippen LogP contribution in [0.5, 0.6) is 0 Å². The summed E-state index contributed by atoms with van der Waals surface area (Å²) in [6, 6.07) is -1.01. The number of amides is 2. The van der Waals surface area contributed by atoms with E-state index < -0.39 is 29.0 Å². The number of carbonyl (C=O) groups excluding carboxylic acids is 2. The molecule has 1 saturated heterocycles. The molecule has 0 spiro atoms. The van der Waals surface area contributed by atoms with E-state index in [-0.39, 0.29) is 23.6 Å². The molecule has 1 aliphatic rings. The van der Waals surface area contributed by atoms with Gasteiger partial charge < -0.3 is 0 Å². The second kappa shape index (κ2) is 5.16. The molecule has 8 heteroatoms. The first kappa shape index (κ1) is 13.8. The molecule has 8 nitrogen and oxygen atoms in total. The first-order valence-electron chi connectivity index (χ1n) is 5.88. The zero-order valence-electron chi connectivity index (χ0n) is 10.8. The Hall–Kier alpha value is -2.64. The molecule has 0 saturated carbocycles. The predicted molar refractivity (Wildman–Crippen MR) is 68.0 cm³/mol. The summed E-state index contributed by atoms with van der Waals surface area (Å²) in [4.78, 5) is 54.7. The Morgan fingerprint density at radius 3 is 2.45 bits per heavy atom. The standard InChI is InChI=1S/C12H12N4O4/c1-3-14-9-8(13-2)11(19)16(12(9)20)6-4-5-7(17)15-10(6)18/h3,6H,1,4-5H2,2H3,(H,15,17,18). The van der Waals surface area contributed by atoms with Gasteiger partial charge in [-0.25, -0.2) is 4.99 Å². The number of carbonyl (C=O) groups is 2. The van der Waals surface area contributed by atoms with Gasteiger partial charge >= 0.3 is 0 Å². The van der Waals surface area contributed by atoms with E-state index in [1.165, 1.54) is 7.05 Å². The highest BCUT2D eigenvalue weighted by atomic mass is 16.2. The molecule has 1 aliphatic heterocycles. The van der Waals surface area contributed by atoms with E-state index in [0.29, 0.717) is 0 Å². The Balaban J connectivity index is 2.72. The van der Waals surface area contributed by atoms with E-state index in [9.17, 15) is 19.2 Å². The van der Waals surface area contributed by atoms with Crippen LogP contribution in [0.25, 0.3) is 0 Å². The van der Waals surface area contributed by atoms with Crippen LogP contribution < -0.4 is 27.1 Å². The molecule has 1 fully saturated rings. The Morgan fingerprint density at radius 2 is 1.90 bits per heavy atom. The molecule has 2 amide bonds. The molecule has 1 atom stereocenters. The zero-order valence-corrected chi connectivity index (χ0v) is 10.8. The molecule has 20 heavy (non-hydrogen) atoms. The topological polar surface area (TPSA) is 110 Å². The highest BCUT2D eigenvalue weighted by Crippen LogP contribution is 2.14. The van der Waals surface area contributed by atoms with Gasteiger partial charge in [0.05, 0.1) is 0 Å². The van der Waals surface area contributed by atoms with Crippen molar-refractivity contribution in [2.24, 2.45) is 9.98 Å². The Morgan fingerprint density at radius 1 is 1.25 bits per heavy atom. The van der Waals surface area contributed by atoms with Crippen molar-refractivity contribution < 1.29 is 9.59 Å². The van der Waals surface area contributed by atoms with Gasteiger partial charge in [0.15, 0.2) is 10.7 Å². The van der Waals surface area contributed by atoms with E-state index in [2.05, 4.69) is 21.9 Å². The molecule has 1 unspecified atom stereocenters. The van der Waals surface area contributed by atoms with Crippen molar-refractivity contribution in [1.82, 2.24) is 9.88 Å². The summed E-state index contributed by atoms with van der Waals surface area (Å²) in [7, 11) is 1.35. The number of imide groups is 1. The summed E-state index contributed by atoms with van der Waals surface area (Å²) in [5.74, 6) is -1.09. The maximum absolute atomic E-state index is 12.2. The SMILES string of the molecule is C=CN=c1c(=NC)c(=O)n(C2CCC(=O)NC2=O)c1=O. The van der Waals surface area contributed by atoms with Crippen LogP contribution in [-0.4, -0.2) is 23.4 Å². The van der Waals surface area contributed by atoms with Crippen molar-refractivity contribution in [3.63, 3.8) is 0 Å². The van der Waals surface area contributed by atoms with E-state index in [1.807, 2.05) is 0 Å². The molecule has 0 bridgehead atoms. The van der Waals surface area contributed by atoms with Gasteiger partial charge in [0, 0.05) is 19.7 Å². The molecular weight excluding hydrogens is 264 g/mol. The quantitative estimate of drug-likeness (QED) is 0.609. The molecule has 1 N–H and O–H groups in total. The van der Waals surface area contributed by atoms with Gasteiger partial charge in [-0.1, -0.05) is 6.58 Å². The summed E-state index contributed by atoms with van der Waals surface area (Å²) in [6.45, 7) is 3.37. The zero-order chi connectivity index (χ0) is 14.9. The van der Waals surface area contributed by atoms with Crippen LogP contribution in [0.1, 0.15) is 18.9 Å². The number of aromatic nitrogens is 1. The minimum absolute atomic E-state index is 0.0694. The Bertz CT molecular complexity index is 808. The van der Waals surface area contributed by atoms with E-state index in [4.69, 9.17) is 0 Å². The fourth-order valence-electron chi connectivity index (χ4n) is 2.14. The number of hydrogen-bond donors (Lipinski definition) is 1. The molecule has 1 aromatic rings. The molecule has 0 radical (unpaired) electrons.